The summed E-state index contributed by atoms with van der Waals surface area (Å²) in [5, 5.41) is 4.14. The van der Waals surface area contributed by atoms with Crippen LogP contribution in [0.2, 0.25) is 0 Å². The second kappa shape index (κ2) is 6.57. The number of anilines is 1. The molecule has 0 spiro atoms. The highest BCUT2D eigenvalue weighted by molar-refractivity contribution is 7.80. The van der Waals surface area contributed by atoms with Crippen molar-refractivity contribution in [3.05, 3.63) is 83.1 Å². The van der Waals surface area contributed by atoms with Gasteiger partial charge in [0.15, 0.2) is 5.11 Å². The molecule has 2 atom stereocenters. The second-order valence-electron chi connectivity index (χ2n) is 6.79. The molecule has 0 aliphatic carbocycles. The zero-order chi connectivity index (χ0) is 18.3. The Labute approximate surface area is 158 Å². The molecule has 0 saturated carbocycles. The minimum atomic E-state index is -0.0905. The number of thiocarbonyl (C=S) groups is 1. The van der Waals surface area contributed by atoms with Crippen LogP contribution in [0.4, 0.5) is 5.69 Å². The Balaban J connectivity index is 1.85. The van der Waals surface area contributed by atoms with E-state index in [0.717, 1.165) is 22.9 Å². The summed E-state index contributed by atoms with van der Waals surface area (Å²) in [6.07, 6.45) is 1.81. The average Bonchev–Trinajstić information content (AvgIpc) is 3.18. The SMILES string of the molecule is Cc1cc(C)cc(N2C(=S)NC(c3ccccn3)C2c2ccc(C)o2)c1. The lowest BCUT2D eigenvalue weighted by Crippen LogP contribution is -2.29. The summed E-state index contributed by atoms with van der Waals surface area (Å²) in [7, 11) is 0. The molecule has 1 aromatic carbocycles. The van der Waals surface area contributed by atoms with Gasteiger partial charge in [0, 0.05) is 11.9 Å². The number of aromatic nitrogens is 1. The van der Waals surface area contributed by atoms with Gasteiger partial charge in [0.1, 0.15) is 17.6 Å². The van der Waals surface area contributed by atoms with Crippen molar-refractivity contribution in [3.8, 4) is 0 Å². The molecule has 0 bridgehead atoms. The van der Waals surface area contributed by atoms with Gasteiger partial charge in [-0.15, -0.1) is 0 Å². The van der Waals surface area contributed by atoms with E-state index in [2.05, 4.69) is 47.2 Å². The van der Waals surface area contributed by atoms with Crippen molar-refractivity contribution in [2.24, 2.45) is 0 Å². The van der Waals surface area contributed by atoms with Crippen LogP contribution in [-0.2, 0) is 0 Å². The van der Waals surface area contributed by atoms with Gasteiger partial charge in [0.05, 0.1) is 11.7 Å². The van der Waals surface area contributed by atoms with Crippen molar-refractivity contribution in [1.82, 2.24) is 10.3 Å². The lowest BCUT2D eigenvalue weighted by molar-refractivity contribution is 0.418. The van der Waals surface area contributed by atoms with Crippen LogP contribution < -0.4 is 10.2 Å². The first-order chi connectivity index (χ1) is 12.5. The number of nitrogens with zero attached hydrogens (tertiary/aromatic N) is 2. The Morgan fingerprint density at radius 2 is 1.81 bits per heavy atom. The Morgan fingerprint density at radius 1 is 1.04 bits per heavy atom. The number of hydrogen-bond acceptors (Lipinski definition) is 3. The van der Waals surface area contributed by atoms with Crippen LogP contribution in [0.15, 0.2) is 59.1 Å². The predicted molar refractivity (Wildman–Crippen MR) is 107 cm³/mol. The molecule has 0 amide bonds. The molecule has 4 rings (SSSR count). The average molecular weight is 363 g/mol. The highest BCUT2D eigenvalue weighted by Crippen LogP contribution is 2.42. The molecule has 1 aliphatic rings. The van der Waals surface area contributed by atoms with E-state index in [4.69, 9.17) is 16.6 Å². The van der Waals surface area contributed by atoms with E-state index in [1.54, 1.807) is 0 Å². The van der Waals surface area contributed by atoms with E-state index < -0.39 is 0 Å². The Morgan fingerprint density at radius 3 is 2.42 bits per heavy atom. The van der Waals surface area contributed by atoms with Crippen molar-refractivity contribution >= 4 is 23.0 Å². The fourth-order valence-corrected chi connectivity index (χ4v) is 3.97. The van der Waals surface area contributed by atoms with Crippen molar-refractivity contribution in [1.29, 1.82) is 0 Å². The molecule has 1 saturated heterocycles. The van der Waals surface area contributed by atoms with Crippen LogP contribution in [0.25, 0.3) is 0 Å². The monoisotopic (exact) mass is 363 g/mol. The standard InChI is InChI=1S/C21H21N3OS/c1-13-10-14(2)12-16(11-13)24-20(18-8-7-15(3)25-18)19(23-21(24)26)17-6-4-5-9-22-17/h4-12,19-20H,1-3H3,(H,23,26). The normalized spacial score (nSPS) is 19.7. The molecule has 2 unspecified atom stereocenters. The molecular formula is C21H21N3OS. The third-order valence-electron chi connectivity index (χ3n) is 4.64. The predicted octanol–water partition coefficient (Wildman–Crippen LogP) is 4.78. The van der Waals surface area contributed by atoms with E-state index in [1.165, 1.54) is 11.1 Å². The highest BCUT2D eigenvalue weighted by atomic mass is 32.1. The number of nitrogens with one attached hydrogen (secondary N) is 1. The summed E-state index contributed by atoms with van der Waals surface area (Å²) in [6.45, 7) is 6.16. The lowest BCUT2D eigenvalue weighted by Gasteiger charge is -2.26. The lowest BCUT2D eigenvalue weighted by atomic mass is 10.0. The van der Waals surface area contributed by atoms with E-state index in [1.807, 2.05) is 43.5 Å². The molecular weight excluding hydrogens is 342 g/mol. The van der Waals surface area contributed by atoms with Gasteiger partial charge in [-0.3, -0.25) is 4.98 Å². The first-order valence-corrected chi connectivity index (χ1v) is 9.09. The van der Waals surface area contributed by atoms with Crippen LogP contribution in [0.5, 0.6) is 0 Å². The summed E-state index contributed by atoms with van der Waals surface area (Å²) in [4.78, 5) is 6.70. The topological polar surface area (TPSA) is 41.3 Å². The zero-order valence-corrected chi connectivity index (χ0v) is 15.9. The first-order valence-electron chi connectivity index (χ1n) is 8.68. The highest BCUT2D eigenvalue weighted by Gasteiger charge is 2.42. The molecule has 0 radical (unpaired) electrons. The van der Waals surface area contributed by atoms with Crippen LogP contribution >= 0.6 is 12.2 Å². The molecule has 132 valence electrons. The third-order valence-corrected chi connectivity index (χ3v) is 4.95. The first kappa shape index (κ1) is 16.8. The summed E-state index contributed by atoms with van der Waals surface area (Å²) in [5.41, 5.74) is 4.43. The number of hydrogen-bond donors (Lipinski definition) is 1. The molecule has 3 aromatic rings. The third kappa shape index (κ3) is 2.99. The minimum Gasteiger partial charge on any atom is -0.464 e. The van der Waals surface area contributed by atoms with Gasteiger partial charge in [0.2, 0.25) is 0 Å². The van der Waals surface area contributed by atoms with Gasteiger partial charge < -0.3 is 14.6 Å². The number of furan rings is 1. The van der Waals surface area contributed by atoms with Gasteiger partial charge >= 0.3 is 0 Å². The maximum absolute atomic E-state index is 6.01. The maximum atomic E-state index is 6.01. The maximum Gasteiger partial charge on any atom is 0.174 e. The number of pyridine rings is 1. The molecule has 1 N–H and O–H groups in total. The summed E-state index contributed by atoms with van der Waals surface area (Å²) in [5.74, 6) is 1.77. The van der Waals surface area contributed by atoms with Crippen molar-refractivity contribution in [3.63, 3.8) is 0 Å². The second-order valence-corrected chi connectivity index (χ2v) is 7.18. The number of aryl methyl sites for hydroxylation is 3. The quantitative estimate of drug-likeness (QED) is 0.679. The van der Waals surface area contributed by atoms with Gasteiger partial charge in [-0.2, -0.15) is 0 Å². The number of rotatable bonds is 3. The van der Waals surface area contributed by atoms with Gasteiger partial charge in [-0.1, -0.05) is 12.1 Å². The van der Waals surface area contributed by atoms with Crippen molar-refractivity contribution < 1.29 is 4.42 Å². The molecule has 5 heteroatoms. The largest absolute Gasteiger partial charge is 0.464 e. The van der Waals surface area contributed by atoms with E-state index >= 15 is 0 Å². The molecule has 4 nitrogen and oxygen atoms in total. The molecule has 26 heavy (non-hydrogen) atoms. The van der Waals surface area contributed by atoms with E-state index in [0.29, 0.717) is 5.11 Å². The fourth-order valence-electron chi connectivity index (χ4n) is 3.62. The summed E-state index contributed by atoms with van der Waals surface area (Å²) < 4.78 is 6.01. The number of benzene rings is 1. The van der Waals surface area contributed by atoms with E-state index in [-0.39, 0.29) is 12.1 Å². The van der Waals surface area contributed by atoms with Crippen molar-refractivity contribution in [2.75, 3.05) is 4.90 Å². The Bertz CT molecular complexity index is 931. The summed E-state index contributed by atoms with van der Waals surface area (Å²) in [6, 6.07) is 16.3. The molecule has 1 fully saturated rings. The van der Waals surface area contributed by atoms with Gasteiger partial charge in [-0.05, 0) is 80.5 Å². The van der Waals surface area contributed by atoms with Crippen LogP contribution in [-0.4, -0.2) is 10.1 Å². The van der Waals surface area contributed by atoms with E-state index in [9.17, 15) is 0 Å². The fraction of sp³-hybridized carbons (Fsp3) is 0.238. The minimum absolute atomic E-state index is 0.0740. The van der Waals surface area contributed by atoms with Crippen molar-refractivity contribution in [2.45, 2.75) is 32.9 Å². The van der Waals surface area contributed by atoms with Crippen LogP contribution in [0.1, 0.15) is 40.4 Å². The Kier molecular flexibility index (Phi) is 4.24. The van der Waals surface area contributed by atoms with Crippen LogP contribution in [0.3, 0.4) is 0 Å². The molecule has 1 aliphatic heterocycles. The summed E-state index contributed by atoms with van der Waals surface area (Å²) >= 11 is 5.72. The van der Waals surface area contributed by atoms with Gasteiger partial charge in [-0.25, -0.2) is 0 Å². The Hall–Kier alpha value is -2.66. The molecule has 2 aromatic heterocycles. The van der Waals surface area contributed by atoms with Crippen LogP contribution in [0, 0.1) is 20.8 Å². The van der Waals surface area contributed by atoms with Gasteiger partial charge in [0.25, 0.3) is 0 Å². The molecule has 3 heterocycles. The zero-order valence-electron chi connectivity index (χ0n) is 15.1. The smallest absolute Gasteiger partial charge is 0.174 e.